The van der Waals surface area contributed by atoms with Crippen molar-refractivity contribution >= 4 is 11.6 Å². The lowest BCUT2D eigenvalue weighted by Gasteiger charge is -2.07. The van der Waals surface area contributed by atoms with Crippen LogP contribution in [0.2, 0.25) is 0 Å². The molecule has 0 saturated carbocycles. The number of nitro benzene ring substituents is 1. The molecule has 1 heterocycles. The van der Waals surface area contributed by atoms with Crippen LogP contribution in [0.3, 0.4) is 0 Å². The Labute approximate surface area is 155 Å². The maximum Gasteiger partial charge on any atom is 0.270 e. The lowest BCUT2D eigenvalue weighted by atomic mass is 10.1. The highest BCUT2D eigenvalue weighted by molar-refractivity contribution is 5.94. The quantitative estimate of drug-likeness (QED) is 0.392. The molecule has 8 heteroatoms. The zero-order valence-electron chi connectivity index (χ0n) is 14.2. The summed E-state index contributed by atoms with van der Waals surface area (Å²) < 4.78 is 5.45. The molecule has 0 saturated heterocycles. The van der Waals surface area contributed by atoms with Gasteiger partial charge in [-0.25, -0.2) is 0 Å². The van der Waals surface area contributed by atoms with Gasteiger partial charge in [0.25, 0.3) is 11.6 Å². The molecular formula is C19H16N4O4. The third-order valence-corrected chi connectivity index (χ3v) is 3.67. The molecule has 2 aromatic carbocycles. The zero-order chi connectivity index (χ0) is 19.1. The molecule has 3 rings (SSSR count). The summed E-state index contributed by atoms with van der Waals surface area (Å²) in [7, 11) is 0. The van der Waals surface area contributed by atoms with Crippen LogP contribution in [0.25, 0.3) is 11.3 Å². The molecule has 0 aliphatic rings. The Morgan fingerprint density at radius 3 is 2.56 bits per heavy atom. The van der Waals surface area contributed by atoms with Crippen molar-refractivity contribution in [2.45, 2.75) is 0 Å². The number of aromatic nitrogens is 2. The minimum atomic E-state index is -0.544. The molecule has 1 N–H and O–H groups in total. The lowest BCUT2D eigenvalue weighted by molar-refractivity contribution is -0.384. The predicted molar refractivity (Wildman–Crippen MR) is 98.4 cm³/mol. The number of nitro groups is 1. The third kappa shape index (κ3) is 4.85. The first kappa shape index (κ1) is 18.0. The van der Waals surface area contributed by atoms with Crippen LogP contribution in [0.1, 0.15) is 10.4 Å². The van der Waals surface area contributed by atoms with Gasteiger partial charge in [-0.3, -0.25) is 14.9 Å². The highest BCUT2D eigenvalue weighted by Gasteiger charge is 2.11. The number of ether oxygens (including phenoxy) is 1. The standard InChI is InChI=1S/C19H16N4O4/c24-19(15-7-4-8-16(13-15)23(25)26)20-11-12-27-18-10-9-17(21-22-18)14-5-2-1-3-6-14/h1-10,13H,11-12H2,(H,20,24). The van der Waals surface area contributed by atoms with Crippen molar-refractivity contribution in [2.75, 3.05) is 13.2 Å². The van der Waals surface area contributed by atoms with Crippen LogP contribution in [0, 0.1) is 10.1 Å². The number of non-ortho nitro benzene ring substituents is 1. The fourth-order valence-electron chi connectivity index (χ4n) is 2.34. The molecule has 0 aliphatic heterocycles. The molecule has 27 heavy (non-hydrogen) atoms. The van der Waals surface area contributed by atoms with Crippen molar-refractivity contribution in [3.05, 3.63) is 82.4 Å². The first-order valence-electron chi connectivity index (χ1n) is 8.18. The Hall–Kier alpha value is -3.81. The Kier molecular flexibility index (Phi) is 5.68. The first-order chi connectivity index (χ1) is 13.1. The average Bonchev–Trinajstić information content (AvgIpc) is 2.72. The van der Waals surface area contributed by atoms with Gasteiger partial charge >= 0.3 is 0 Å². The average molecular weight is 364 g/mol. The molecule has 0 radical (unpaired) electrons. The minimum absolute atomic E-state index is 0.132. The van der Waals surface area contributed by atoms with Gasteiger partial charge in [-0.15, -0.1) is 10.2 Å². The molecular weight excluding hydrogens is 348 g/mol. The number of amides is 1. The van der Waals surface area contributed by atoms with Crippen molar-refractivity contribution in [3.63, 3.8) is 0 Å². The molecule has 8 nitrogen and oxygen atoms in total. The number of carbonyl (C=O) groups excluding carboxylic acids is 1. The Balaban J connectivity index is 1.48. The molecule has 1 aromatic heterocycles. The van der Waals surface area contributed by atoms with Gasteiger partial charge in [0, 0.05) is 29.3 Å². The van der Waals surface area contributed by atoms with Crippen LogP contribution >= 0.6 is 0 Å². The van der Waals surface area contributed by atoms with Gasteiger partial charge in [-0.1, -0.05) is 36.4 Å². The van der Waals surface area contributed by atoms with Crippen LogP contribution in [0.15, 0.2) is 66.7 Å². The van der Waals surface area contributed by atoms with E-state index in [1.807, 2.05) is 30.3 Å². The Bertz CT molecular complexity index is 930. The SMILES string of the molecule is O=C(NCCOc1ccc(-c2ccccc2)nn1)c1cccc([N+](=O)[O-])c1. The molecule has 0 spiro atoms. The van der Waals surface area contributed by atoms with E-state index in [1.54, 1.807) is 12.1 Å². The van der Waals surface area contributed by atoms with Crippen LogP contribution in [0.4, 0.5) is 5.69 Å². The van der Waals surface area contributed by atoms with E-state index >= 15 is 0 Å². The number of nitrogens with one attached hydrogen (secondary N) is 1. The van der Waals surface area contributed by atoms with Gasteiger partial charge in [0.1, 0.15) is 6.61 Å². The zero-order valence-corrected chi connectivity index (χ0v) is 14.2. The normalized spacial score (nSPS) is 10.2. The molecule has 0 fully saturated rings. The maximum absolute atomic E-state index is 12.0. The number of benzene rings is 2. The molecule has 0 bridgehead atoms. The van der Waals surface area contributed by atoms with Gasteiger partial charge in [0.15, 0.2) is 0 Å². The second-order valence-electron chi connectivity index (χ2n) is 5.53. The van der Waals surface area contributed by atoms with Gasteiger partial charge in [-0.05, 0) is 12.1 Å². The van der Waals surface area contributed by atoms with Crippen molar-refractivity contribution in [3.8, 4) is 17.1 Å². The van der Waals surface area contributed by atoms with E-state index < -0.39 is 10.8 Å². The van der Waals surface area contributed by atoms with Gasteiger partial charge in [0.2, 0.25) is 5.88 Å². The Morgan fingerprint density at radius 2 is 1.85 bits per heavy atom. The summed E-state index contributed by atoms with van der Waals surface area (Å²) >= 11 is 0. The highest BCUT2D eigenvalue weighted by Crippen LogP contribution is 2.17. The molecule has 0 aliphatic carbocycles. The molecule has 136 valence electrons. The van der Waals surface area contributed by atoms with Crippen LogP contribution < -0.4 is 10.1 Å². The van der Waals surface area contributed by atoms with E-state index in [0.29, 0.717) is 5.88 Å². The smallest absolute Gasteiger partial charge is 0.270 e. The summed E-state index contributed by atoms with van der Waals surface area (Å²) in [5, 5.41) is 21.5. The first-order valence-corrected chi connectivity index (χ1v) is 8.18. The molecule has 0 atom stereocenters. The van der Waals surface area contributed by atoms with Crippen molar-refractivity contribution in [2.24, 2.45) is 0 Å². The van der Waals surface area contributed by atoms with E-state index in [2.05, 4.69) is 15.5 Å². The summed E-state index contributed by atoms with van der Waals surface area (Å²) in [5.41, 5.74) is 1.78. The fraction of sp³-hybridized carbons (Fsp3) is 0.105. The van der Waals surface area contributed by atoms with E-state index in [-0.39, 0.29) is 24.4 Å². The molecule has 1 amide bonds. The van der Waals surface area contributed by atoms with Crippen LogP contribution in [-0.4, -0.2) is 34.2 Å². The van der Waals surface area contributed by atoms with Gasteiger partial charge in [0.05, 0.1) is 17.2 Å². The molecule has 0 unspecified atom stereocenters. The van der Waals surface area contributed by atoms with Gasteiger partial charge in [-0.2, -0.15) is 0 Å². The number of nitrogens with zero attached hydrogens (tertiary/aromatic N) is 3. The number of hydrogen-bond acceptors (Lipinski definition) is 6. The molecule has 3 aromatic rings. The second-order valence-corrected chi connectivity index (χ2v) is 5.53. The van der Waals surface area contributed by atoms with E-state index in [1.165, 1.54) is 24.3 Å². The van der Waals surface area contributed by atoms with Crippen LogP contribution in [-0.2, 0) is 0 Å². The Morgan fingerprint density at radius 1 is 1.04 bits per heavy atom. The van der Waals surface area contributed by atoms with Crippen molar-refractivity contribution in [1.82, 2.24) is 15.5 Å². The summed E-state index contributed by atoms with van der Waals surface area (Å²) in [6, 6.07) is 18.7. The number of hydrogen-bond donors (Lipinski definition) is 1. The minimum Gasteiger partial charge on any atom is -0.475 e. The summed E-state index contributed by atoms with van der Waals surface area (Å²) in [6.07, 6.45) is 0. The van der Waals surface area contributed by atoms with Crippen LogP contribution in [0.5, 0.6) is 5.88 Å². The maximum atomic E-state index is 12.0. The summed E-state index contributed by atoms with van der Waals surface area (Å²) in [6.45, 7) is 0.420. The lowest BCUT2D eigenvalue weighted by Crippen LogP contribution is -2.28. The number of carbonyl (C=O) groups is 1. The second kappa shape index (κ2) is 8.52. The summed E-state index contributed by atoms with van der Waals surface area (Å²) in [4.78, 5) is 22.2. The predicted octanol–water partition coefficient (Wildman–Crippen LogP) is 2.86. The largest absolute Gasteiger partial charge is 0.475 e. The van der Waals surface area contributed by atoms with Gasteiger partial charge < -0.3 is 10.1 Å². The topological polar surface area (TPSA) is 107 Å². The summed E-state index contributed by atoms with van der Waals surface area (Å²) in [5.74, 6) is -0.0629. The van der Waals surface area contributed by atoms with E-state index in [0.717, 1.165) is 11.3 Å². The monoisotopic (exact) mass is 364 g/mol. The third-order valence-electron chi connectivity index (χ3n) is 3.67. The van der Waals surface area contributed by atoms with E-state index in [4.69, 9.17) is 4.74 Å². The fourth-order valence-corrected chi connectivity index (χ4v) is 2.34. The van der Waals surface area contributed by atoms with E-state index in [9.17, 15) is 14.9 Å². The highest BCUT2D eigenvalue weighted by atomic mass is 16.6. The van der Waals surface area contributed by atoms with Crippen molar-refractivity contribution < 1.29 is 14.5 Å². The number of rotatable bonds is 7. The van der Waals surface area contributed by atoms with Crippen molar-refractivity contribution in [1.29, 1.82) is 0 Å².